The zero-order valence-corrected chi connectivity index (χ0v) is 15.8. The predicted molar refractivity (Wildman–Crippen MR) is 107 cm³/mol. The fourth-order valence-electron chi connectivity index (χ4n) is 3.00. The van der Waals surface area contributed by atoms with Crippen molar-refractivity contribution in [1.82, 2.24) is 5.32 Å². The Morgan fingerprint density at radius 2 is 1.92 bits per heavy atom. The van der Waals surface area contributed by atoms with Crippen LogP contribution in [0.25, 0.3) is 0 Å². The van der Waals surface area contributed by atoms with Gasteiger partial charge in [0.2, 0.25) is 5.91 Å². The molecule has 1 fully saturated rings. The van der Waals surface area contributed by atoms with Crippen LogP contribution in [0.3, 0.4) is 0 Å². The van der Waals surface area contributed by atoms with Gasteiger partial charge in [-0.3, -0.25) is 4.79 Å². The van der Waals surface area contributed by atoms with Gasteiger partial charge in [-0.1, -0.05) is 38.7 Å². The number of amides is 1. The highest BCUT2D eigenvalue weighted by Gasteiger charge is 2.15. The van der Waals surface area contributed by atoms with Gasteiger partial charge in [-0.05, 0) is 61.3 Å². The van der Waals surface area contributed by atoms with Crippen LogP contribution in [0.2, 0.25) is 0 Å². The summed E-state index contributed by atoms with van der Waals surface area (Å²) in [7, 11) is 0. The molecule has 0 spiro atoms. The summed E-state index contributed by atoms with van der Waals surface area (Å²) in [6, 6.07) is 7.46. The van der Waals surface area contributed by atoms with Gasteiger partial charge in [-0.15, -0.1) is 0 Å². The average Bonchev–Trinajstić information content (AvgIpc) is 2.60. The molecule has 0 bridgehead atoms. The fraction of sp³-hybridized carbons (Fsp3) is 0.500. The lowest BCUT2D eigenvalue weighted by Crippen LogP contribution is -2.34. The van der Waals surface area contributed by atoms with E-state index in [1.54, 1.807) is 0 Å². The quantitative estimate of drug-likeness (QED) is 0.541. The Balaban J connectivity index is 1.69. The highest BCUT2D eigenvalue weighted by molar-refractivity contribution is 7.80. The van der Waals surface area contributed by atoms with Gasteiger partial charge < -0.3 is 15.4 Å². The molecule has 2 rings (SSSR count). The molecule has 136 valence electrons. The summed E-state index contributed by atoms with van der Waals surface area (Å²) in [5, 5.41) is 6.13. The van der Waals surface area contributed by atoms with Crippen molar-refractivity contribution in [2.75, 3.05) is 11.9 Å². The molecular formula is C20H28N2O2S. The molecular weight excluding hydrogens is 332 g/mol. The lowest BCUT2D eigenvalue weighted by atomic mass is 9.86. The summed E-state index contributed by atoms with van der Waals surface area (Å²) in [5.41, 5.74) is 1.79. The van der Waals surface area contributed by atoms with Crippen LogP contribution < -0.4 is 15.4 Å². The van der Waals surface area contributed by atoms with Gasteiger partial charge >= 0.3 is 0 Å². The normalized spacial score (nSPS) is 14.6. The summed E-state index contributed by atoms with van der Waals surface area (Å²) in [6.07, 6.45) is 7.97. The minimum Gasteiger partial charge on any atom is -0.489 e. The average molecular weight is 361 g/mol. The molecule has 0 aromatic heterocycles. The van der Waals surface area contributed by atoms with E-state index >= 15 is 0 Å². The van der Waals surface area contributed by atoms with Crippen molar-refractivity contribution in [3.63, 3.8) is 0 Å². The van der Waals surface area contributed by atoms with Gasteiger partial charge in [0, 0.05) is 12.1 Å². The van der Waals surface area contributed by atoms with Crippen molar-refractivity contribution in [3.8, 4) is 5.75 Å². The van der Waals surface area contributed by atoms with E-state index in [0.29, 0.717) is 24.1 Å². The van der Waals surface area contributed by atoms with Gasteiger partial charge in [-0.25, -0.2) is 0 Å². The summed E-state index contributed by atoms with van der Waals surface area (Å²) in [5.74, 6) is 1.47. The molecule has 0 unspecified atom stereocenters. The Bertz CT molecular complexity index is 592. The van der Waals surface area contributed by atoms with E-state index < -0.39 is 0 Å². The van der Waals surface area contributed by atoms with Gasteiger partial charge in [0.15, 0.2) is 5.11 Å². The molecule has 1 aliphatic carbocycles. The third-order valence-corrected chi connectivity index (χ3v) is 4.56. The maximum Gasteiger partial charge on any atom is 0.226 e. The van der Waals surface area contributed by atoms with Crippen LogP contribution in [0, 0.1) is 5.92 Å². The summed E-state index contributed by atoms with van der Waals surface area (Å²) in [6.45, 7) is 6.23. The number of carbonyl (C=O) groups is 1. The van der Waals surface area contributed by atoms with E-state index in [9.17, 15) is 4.79 Å². The minimum absolute atomic E-state index is 0.00974. The first-order valence-electron chi connectivity index (χ1n) is 9.01. The number of rotatable bonds is 7. The molecule has 25 heavy (non-hydrogen) atoms. The minimum atomic E-state index is -0.00974. The monoisotopic (exact) mass is 360 g/mol. The second kappa shape index (κ2) is 10.2. The second-order valence-electron chi connectivity index (χ2n) is 6.82. The van der Waals surface area contributed by atoms with Crippen molar-refractivity contribution in [1.29, 1.82) is 0 Å². The van der Waals surface area contributed by atoms with E-state index in [-0.39, 0.29) is 5.91 Å². The van der Waals surface area contributed by atoms with Crippen molar-refractivity contribution in [2.24, 2.45) is 5.92 Å². The highest BCUT2D eigenvalue weighted by atomic mass is 32.1. The number of benzene rings is 1. The maximum atomic E-state index is 12.0. The highest BCUT2D eigenvalue weighted by Crippen LogP contribution is 2.27. The van der Waals surface area contributed by atoms with Crippen molar-refractivity contribution in [2.45, 2.75) is 51.9 Å². The van der Waals surface area contributed by atoms with Crippen LogP contribution >= 0.6 is 12.2 Å². The molecule has 0 radical (unpaired) electrons. The van der Waals surface area contributed by atoms with Crippen LogP contribution in [0.4, 0.5) is 5.69 Å². The lowest BCUT2D eigenvalue weighted by molar-refractivity contribution is -0.120. The number of anilines is 1. The molecule has 0 saturated heterocycles. The Kier molecular flexibility index (Phi) is 7.92. The largest absolute Gasteiger partial charge is 0.489 e. The van der Waals surface area contributed by atoms with Crippen LogP contribution in [0.1, 0.15) is 51.9 Å². The maximum absolute atomic E-state index is 12.0. The first-order valence-corrected chi connectivity index (χ1v) is 9.42. The third kappa shape index (κ3) is 7.69. The van der Waals surface area contributed by atoms with E-state index in [2.05, 4.69) is 17.2 Å². The Morgan fingerprint density at radius 3 is 2.56 bits per heavy atom. The van der Waals surface area contributed by atoms with Crippen LogP contribution in [-0.4, -0.2) is 17.6 Å². The number of carbonyl (C=O) groups excluding carboxylic acids is 1. The Morgan fingerprint density at radius 1 is 1.24 bits per heavy atom. The zero-order valence-electron chi connectivity index (χ0n) is 15.0. The van der Waals surface area contributed by atoms with Crippen molar-refractivity contribution < 1.29 is 9.53 Å². The second-order valence-corrected chi connectivity index (χ2v) is 7.22. The summed E-state index contributed by atoms with van der Waals surface area (Å²) >= 11 is 5.22. The number of hydrogen-bond donors (Lipinski definition) is 2. The standard InChI is InChI=1S/C20H28N2O2S/c1-15(2)14-24-18-11-9-17(10-12-18)21-20(25)22-19(23)13-8-16-6-4-3-5-7-16/h9-12,16H,1,3-8,13-14H2,2H3,(H2,21,22,23,25). The predicted octanol–water partition coefficient (Wildman–Crippen LogP) is 4.82. The van der Waals surface area contributed by atoms with Gasteiger partial charge in [0.25, 0.3) is 0 Å². The Hall–Kier alpha value is -1.88. The molecule has 1 saturated carbocycles. The molecule has 1 aromatic rings. The van der Waals surface area contributed by atoms with Crippen LogP contribution in [0.5, 0.6) is 5.75 Å². The zero-order chi connectivity index (χ0) is 18.1. The number of nitrogens with one attached hydrogen (secondary N) is 2. The first kappa shape index (κ1) is 19.4. The third-order valence-electron chi connectivity index (χ3n) is 4.35. The van der Waals surface area contributed by atoms with E-state index in [0.717, 1.165) is 23.4 Å². The molecule has 0 aliphatic heterocycles. The smallest absolute Gasteiger partial charge is 0.226 e. The topological polar surface area (TPSA) is 50.4 Å². The van der Waals surface area contributed by atoms with Gasteiger partial charge in [-0.2, -0.15) is 0 Å². The van der Waals surface area contributed by atoms with Gasteiger partial charge in [0.1, 0.15) is 12.4 Å². The molecule has 1 amide bonds. The van der Waals surface area contributed by atoms with E-state index in [1.165, 1.54) is 32.1 Å². The molecule has 0 atom stereocenters. The molecule has 4 nitrogen and oxygen atoms in total. The number of hydrogen-bond acceptors (Lipinski definition) is 3. The SMILES string of the molecule is C=C(C)COc1ccc(NC(=S)NC(=O)CCC2CCCCC2)cc1. The summed E-state index contributed by atoms with van der Waals surface area (Å²) < 4.78 is 5.55. The van der Waals surface area contributed by atoms with Crippen LogP contribution in [0.15, 0.2) is 36.4 Å². The Labute approximate surface area is 156 Å². The molecule has 1 aromatic carbocycles. The number of thiocarbonyl (C=S) groups is 1. The van der Waals surface area contributed by atoms with Crippen molar-refractivity contribution >= 4 is 28.9 Å². The van der Waals surface area contributed by atoms with Crippen molar-refractivity contribution in [3.05, 3.63) is 36.4 Å². The van der Waals surface area contributed by atoms with E-state index in [4.69, 9.17) is 17.0 Å². The fourth-order valence-corrected chi connectivity index (χ4v) is 3.24. The van der Waals surface area contributed by atoms with Crippen LogP contribution in [-0.2, 0) is 4.79 Å². The number of ether oxygens (including phenoxy) is 1. The molecule has 0 heterocycles. The van der Waals surface area contributed by atoms with E-state index in [1.807, 2.05) is 31.2 Å². The van der Waals surface area contributed by atoms with Gasteiger partial charge in [0.05, 0.1) is 0 Å². The summed E-state index contributed by atoms with van der Waals surface area (Å²) in [4.78, 5) is 12.0. The first-order chi connectivity index (χ1) is 12.0. The molecule has 5 heteroatoms. The lowest BCUT2D eigenvalue weighted by Gasteiger charge is -2.21. The molecule has 1 aliphatic rings. The molecule has 2 N–H and O–H groups in total.